The lowest BCUT2D eigenvalue weighted by atomic mass is 10.2. The second-order valence-corrected chi connectivity index (χ2v) is 5.04. The van der Waals surface area contributed by atoms with Crippen molar-refractivity contribution in [3.63, 3.8) is 0 Å². The molecule has 4 rings (SSSR count). The molecular weight excluding hydrogens is 316 g/mol. The van der Waals surface area contributed by atoms with Gasteiger partial charge in [-0.15, -0.1) is 0 Å². The molecule has 2 aromatic carbocycles. The Hall–Kier alpha value is -3.42. The van der Waals surface area contributed by atoms with Gasteiger partial charge < -0.3 is 18.9 Å². The Bertz CT molecular complexity index is 766. The summed E-state index contributed by atoms with van der Waals surface area (Å²) in [5.41, 5.74) is 5.37. The van der Waals surface area contributed by atoms with Gasteiger partial charge in [-0.25, -0.2) is 0 Å². The summed E-state index contributed by atoms with van der Waals surface area (Å²) in [6.45, 7) is 0.252. The summed E-state index contributed by atoms with van der Waals surface area (Å²) in [6, 6.07) is 9.52. The van der Waals surface area contributed by atoms with Gasteiger partial charge in [0.1, 0.15) is 0 Å². The van der Waals surface area contributed by atoms with Crippen LogP contribution in [-0.4, -0.2) is 25.4 Å². The highest BCUT2D eigenvalue weighted by Crippen LogP contribution is 2.33. The first kappa shape index (κ1) is 14.2. The summed E-state index contributed by atoms with van der Waals surface area (Å²) in [5, 5.41) is 0. The van der Waals surface area contributed by atoms with E-state index in [1.165, 1.54) is 0 Å². The summed E-state index contributed by atoms with van der Waals surface area (Å²) in [7, 11) is 0. The first-order chi connectivity index (χ1) is 11.7. The van der Waals surface area contributed by atoms with E-state index in [9.17, 15) is 9.59 Å². The molecule has 0 spiro atoms. The van der Waals surface area contributed by atoms with Crippen molar-refractivity contribution in [1.82, 2.24) is 10.9 Å². The van der Waals surface area contributed by atoms with E-state index in [-0.39, 0.29) is 13.6 Å². The zero-order valence-electron chi connectivity index (χ0n) is 12.3. The molecule has 2 aliphatic heterocycles. The largest absolute Gasteiger partial charge is 0.454 e. The van der Waals surface area contributed by atoms with Crippen LogP contribution in [0.5, 0.6) is 23.0 Å². The number of amides is 2. The molecule has 0 unspecified atom stereocenters. The van der Waals surface area contributed by atoms with Gasteiger partial charge in [0.05, 0.1) is 0 Å². The SMILES string of the molecule is O=C(NNC(=O)c1ccc2c(c1)OCO2)c1ccc2c(c1)OCO2. The van der Waals surface area contributed by atoms with E-state index < -0.39 is 11.8 Å². The Morgan fingerprint density at radius 1 is 0.667 bits per heavy atom. The fraction of sp³-hybridized carbons (Fsp3) is 0.125. The summed E-state index contributed by atoms with van der Waals surface area (Å²) in [5.74, 6) is 1.20. The first-order valence-corrected chi connectivity index (χ1v) is 7.11. The minimum Gasteiger partial charge on any atom is -0.454 e. The number of nitrogens with one attached hydrogen (secondary N) is 2. The standard InChI is InChI=1S/C16H12N2O6/c19-15(9-1-3-11-13(5-9)23-7-21-11)17-18-16(20)10-2-4-12-14(6-10)24-8-22-12/h1-6H,7-8H2,(H,17,19)(H,18,20). The number of carbonyl (C=O) groups excluding carboxylic acids is 2. The van der Waals surface area contributed by atoms with Crippen molar-refractivity contribution in [2.45, 2.75) is 0 Å². The lowest BCUT2D eigenvalue weighted by Gasteiger charge is -2.08. The van der Waals surface area contributed by atoms with Gasteiger partial charge in [0.25, 0.3) is 11.8 Å². The Kier molecular flexibility index (Phi) is 3.34. The van der Waals surface area contributed by atoms with Crippen LogP contribution in [-0.2, 0) is 0 Å². The molecule has 0 saturated heterocycles. The van der Waals surface area contributed by atoms with E-state index in [0.717, 1.165) is 0 Å². The molecule has 2 heterocycles. The van der Waals surface area contributed by atoms with Crippen LogP contribution in [0.15, 0.2) is 36.4 Å². The summed E-state index contributed by atoms with van der Waals surface area (Å²) < 4.78 is 20.8. The van der Waals surface area contributed by atoms with E-state index >= 15 is 0 Å². The van der Waals surface area contributed by atoms with E-state index in [0.29, 0.717) is 34.1 Å². The van der Waals surface area contributed by atoms with Crippen LogP contribution < -0.4 is 29.8 Å². The molecule has 122 valence electrons. The van der Waals surface area contributed by atoms with Crippen molar-refractivity contribution in [1.29, 1.82) is 0 Å². The van der Waals surface area contributed by atoms with Crippen molar-refractivity contribution >= 4 is 11.8 Å². The van der Waals surface area contributed by atoms with Gasteiger partial charge in [0, 0.05) is 11.1 Å². The Balaban J connectivity index is 1.41. The normalized spacial score (nSPS) is 13.5. The molecule has 0 fully saturated rings. The van der Waals surface area contributed by atoms with Crippen LogP contribution in [0.1, 0.15) is 20.7 Å². The van der Waals surface area contributed by atoms with Crippen molar-refractivity contribution < 1.29 is 28.5 Å². The van der Waals surface area contributed by atoms with Crippen LogP contribution in [0.25, 0.3) is 0 Å². The first-order valence-electron chi connectivity index (χ1n) is 7.11. The molecule has 0 aliphatic carbocycles. The number of hydrazine groups is 1. The average molecular weight is 328 g/mol. The van der Waals surface area contributed by atoms with E-state index in [2.05, 4.69) is 10.9 Å². The highest BCUT2D eigenvalue weighted by molar-refractivity contribution is 5.99. The number of ether oxygens (including phenoxy) is 4. The maximum atomic E-state index is 12.1. The van der Waals surface area contributed by atoms with Gasteiger partial charge in [-0.1, -0.05) is 0 Å². The monoisotopic (exact) mass is 328 g/mol. The zero-order chi connectivity index (χ0) is 16.5. The minimum atomic E-state index is -0.470. The topological polar surface area (TPSA) is 95.1 Å². The predicted molar refractivity (Wildman–Crippen MR) is 80.1 cm³/mol. The zero-order valence-corrected chi connectivity index (χ0v) is 12.3. The molecule has 8 heteroatoms. The Labute approximate surface area is 136 Å². The lowest BCUT2D eigenvalue weighted by Crippen LogP contribution is -2.41. The quantitative estimate of drug-likeness (QED) is 0.805. The van der Waals surface area contributed by atoms with Gasteiger partial charge in [0.15, 0.2) is 23.0 Å². The number of benzene rings is 2. The average Bonchev–Trinajstić information content (AvgIpc) is 3.26. The van der Waals surface area contributed by atoms with E-state index in [1.807, 2.05) is 0 Å². The number of hydrogen-bond acceptors (Lipinski definition) is 6. The number of rotatable bonds is 2. The Morgan fingerprint density at radius 2 is 1.08 bits per heavy atom. The number of hydrogen-bond donors (Lipinski definition) is 2. The minimum absolute atomic E-state index is 0.126. The van der Waals surface area contributed by atoms with Crippen LogP contribution >= 0.6 is 0 Å². The third kappa shape index (κ3) is 2.54. The van der Waals surface area contributed by atoms with Crippen molar-refractivity contribution in [2.75, 3.05) is 13.6 Å². The number of fused-ring (bicyclic) bond motifs is 2. The molecular formula is C16H12N2O6. The van der Waals surface area contributed by atoms with Gasteiger partial charge >= 0.3 is 0 Å². The van der Waals surface area contributed by atoms with E-state index in [4.69, 9.17) is 18.9 Å². The third-order valence-electron chi connectivity index (χ3n) is 3.56. The number of carbonyl (C=O) groups is 2. The van der Waals surface area contributed by atoms with Gasteiger partial charge in [-0.2, -0.15) is 0 Å². The predicted octanol–water partition coefficient (Wildman–Crippen LogP) is 1.22. The Morgan fingerprint density at radius 3 is 1.54 bits per heavy atom. The van der Waals surface area contributed by atoms with Crippen LogP contribution in [0.2, 0.25) is 0 Å². The highest BCUT2D eigenvalue weighted by Gasteiger charge is 2.18. The molecule has 2 aliphatic rings. The van der Waals surface area contributed by atoms with Crippen molar-refractivity contribution in [3.05, 3.63) is 47.5 Å². The molecule has 0 bridgehead atoms. The molecule has 2 aromatic rings. The molecule has 0 atom stereocenters. The fourth-order valence-electron chi connectivity index (χ4n) is 2.33. The van der Waals surface area contributed by atoms with Crippen LogP contribution in [0.3, 0.4) is 0 Å². The molecule has 0 aromatic heterocycles. The molecule has 24 heavy (non-hydrogen) atoms. The summed E-state index contributed by atoms with van der Waals surface area (Å²) >= 11 is 0. The molecule has 0 radical (unpaired) electrons. The van der Waals surface area contributed by atoms with Crippen molar-refractivity contribution in [2.24, 2.45) is 0 Å². The van der Waals surface area contributed by atoms with Crippen molar-refractivity contribution in [3.8, 4) is 23.0 Å². The molecule has 2 amide bonds. The maximum Gasteiger partial charge on any atom is 0.269 e. The van der Waals surface area contributed by atoms with Gasteiger partial charge in [-0.3, -0.25) is 20.4 Å². The van der Waals surface area contributed by atoms with Gasteiger partial charge in [0.2, 0.25) is 13.6 Å². The van der Waals surface area contributed by atoms with Crippen LogP contribution in [0.4, 0.5) is 0 Å². The van der Waals surface area contributed by atoms with Crippen LogP contribution in [0, 0.1) is 0 Å². The smallest absolute Gasteiger partial charge is 0.269 e. The molecule has 0 saturated carbocycles. The second-order valence-electron chi connectivity index (χ2n) is 5.04. The fourth-order valence-corrected chi connectivity index (χ4v) is 2.33. The summed E-state index contributed by atoms with van der Waals surface area (Å²) in [4.78, 5) is 24.2. The maximum absolute atomic E-state index is 12.1. The molecule has 2 N–H and O–H groups in total. The second kappa shape index (κ2) is 5.65. The molecule has 8 nitrogen and oxygen atoms in total. The van der Waals surface area contributed by atoms with Gasteiger partial charge in [-0.05, 0) is 36.4 Å². The highest BCUT2D eigenvalue weighted by atomic mass is 16.7. The third-order valence-corrected chi connectivity index (χ3v) is 3.56. The van der Waals surface area contributed by atoms with E-state index in [1.54, 1.807) is 36.4 Å². The lowest BCUT2D eigenvalue weighted by molar-refractivity contribution is 0.0846. The summed E-state index contributed by atoms with van der Waals surface area (Å²) in [6.07, 6.45) is 0.